The van der Waals surface area contributed by atoms with Gasteiger partial charge in [0.2, 0.25) is 5.91 Å². The van der Waals surface area contributed by atoms with Crippen LogP contribution in [0.2, 0.25) is 0 Å². The SMILES string of the molecule is CCC(CC)NC(=O)C1CN(CCC(=O)NC(N)=O)c2ccccc2O1. The predicted octanol–water partition coefficient (Wildman–Crippen LogP) is 1.14. The summed E-state index contributed by atoms with van der Waals surface area (Å²) in [7, 11) is 0. The summed E-state index contributed by atoms with van der Waals surface area (Å²) < 4.78 is 5.86. The highest BCUT2D eigenvalue weighted by molar-refractivity contribution is 5.93. The molecule has 1 aliphatic rings. The number of rotatable bonds is 7. The summed E-state index contributed by atoms with van der Waals surface area (Å²) in [5, 5.41) is 5.04. The lowest BCUT2D eigenvalue weighted by atomic mass is 10.1. The van der Waals surface area contributed by atoms with Gasteiger partial charge in [-0.15, -0.1) is 0 Å². The van der Waals surface area contributed by atoms with Crippen LogP contribution in [0.5, 0.6) is 5.75 Å². The molecule has 8 nitrogen and oxygen atoms in total. The van der Waals surface area contributed by atoms with Crippen LogP contribution in [0, 0.1) is 0 Å². The highest BCUT2D eigenvalue weighted by atomic mass is 16.5. The van der Waals surface area contributed by atoms with Crippen LogP contribution in [0.25, 0.3) is 0 Å². The normalized spacial score (nSPS) is 15.8. The minimum absolute atomic E-state index is 0.0815. The number of imide groups is 1. The van der Waals surface area contributed by atoms with Crippen LogP contribution in [-0.4, -0.2) is 43.1 Å². The van der Waals surface area contributed by atoms with Gasteiger partial charge in [0, 0.05) is 19.0 Å². The summed E-state index contributed by atoms with van der Waals surface area (Å²) >= 11 is 0. The monoisotopic (exact) mass is 362 g/mol. The highest BCUT2D eigenvalue weighted by Gasteiger charge is 2.31. The predicted molar refractivity (Wildman–Crippen MR) is 97.9 cm³/mol. The van der Waals surface area contributed by atoms with Gasteiger partial charge in [-0.05, 0) is 25.0 Å². The van der Waals surface area contributed by atoms with E-state index in [0.717, 1.165) is 18.5 Å². The molecular weight excluding hydrogens is 336 g/mol. The van der Waals surface area contributed by atoms with Gasteiger partial charge in [-0.25, -0.2) is 4.79 Å². The molecule has 0 aliphatic carbocycles. The van der Waals surface area contributed by atoms with Gasteiger partial charge in [-0.1, -0.05) is 26.0 Å². The van der Waals surface area contributed by atoms with Crippen LogP contribution in [0.15, 0.2) is 24.3 Å². The maximum absolute atomic E-state index is 12.6. The van der Waals surface area contributed by atoms with Crippen molar-refractivity contribution in [2.24, 2.45) is 5.73 Å². The second-order valence-corrected chi connectivity index (χ2v) is 6.20. The molecule has 1 heterocycles. The molecule has 142 valence electrons. The number of carbonyl (C=O) groups excluding carboxylic acids is 3. The molecule has 1 aromatic rings. The van der Waals surface area contributed by atoms with Gasteiger partial charge in [-0.2, -0.15) is 0 Å². The van der Waals surface area contributed by atoms with Crippen molar-refractivity contribution < 1.29 is 19.1 Å². The fraction of sp³-hybridized carbons (Fsp3) is 0.500. The molecule has 0 saturated heterocycles. The lowest BCUT2D eigenvalue weighted by Crippen LogP contribution is -2.51. The second-order valence-electron chi connectivity index (χ2n) is 6.20. The number of benzene rings is 1. The van der Waals surface area contributed by atoms with Gasteiger partial charge < -0.3 is 20.7 Å². The maximum atomic E-state index is 12.6. The van der Waals surface area contributed by atoms with Crippen LogP contribution >= 0.6 is 0 Å². The molecule has 0 aromatic heterocycles. The zero-order valence-corrected chi connectivity index (χ0v) is 15.2. The van der Waals surface area contributed by atoms with Crippen LogP contribution in [-0.2, 0) is 9.59 Å². The van der Waals surface area contributed by atoms with Crippen molar-refractivity contribution in [3.63, 3.8) is 0 Å². The first kappa shape index (κ1) is 19.6. The summed E-state index contributed by atoms with van der Waals surface area (Å²) in [4.78, 5) is 36.9. The van der Waals surface area contributed by atoms with E-state index in [1.54, 1.807) is 6.07 Å². The Labute approximate surface area is 153 Å². The van der Waals surface area contributed by atoms with Crippen molar-refractivity contribution >= 4 is 23.5 Å². The molecule has 0 spiro atoms. The number of para-hydroxylation sites is 2. The molecular formula is C18H26N4O4. The van der Waals surface area contributed by atoms with E-state index in [1.807, 2.05) is 42.3 Å². The number of amides is 4. The molecule has 0 saturated carbocycles. The highest BCUT2D eigenvalue weighted by Crippen LogP contribution is 2.33. The largest absolute Gasteiger partial charge is 0.477 e. The maximum Gasteiger partial charge on any atom is 0.318 e. The summed E-state index contributed by atoms with van der Waals surface area (Å²) in [5.41, 5.74) is 5.77. The van der Waals surface area contributed by atoms with Gasteiger partial charge in [0.25, 0.3) is 5.91 Å². The second kappa shape index (κ2) is 9.07. The van der Waals surface area contributed by atoms with E-state index in [4.69, 9.17) is 10.5 Å². The fourth-order valence-electron chi connectivity index (χ4n) is 2.88. The molecule has 0 radical (unpaired) electrons. The Bertz CT molecular complexity index is 660. The minimum atomic E-state index is -0.875. The molecule has 1 aliphatic heterocycles. The number of nitrogens with two attached hydrogens (primary N) is 1. The standard InChI is InChI=1S/C18H26N4O4/c1-3-12(4-2)20-17(24)15-11-22(10-9-16(23)21-18(19)25)13-7-5-6-8-14(13)26-15/h5-8,12,15H,3-4,9-11H2,1-2H3,(H,20,24)(H3,19,21,23,25). The number of ether oxygens (including phenoxy) is 1. The van der Waals surface area contributed by atoms with E-state index in [0.29, 0.717) is 18.8 Å². The van der Waals surface area contributed by atoms with Crippen molar-refractivity contribution in [2.75, 3.05) is 18.0 Å². The summed E-state index contributed by atoms with van der Waals surface area (Å²) in [6, 6.07) is 6.60. The van der Waals surface area contributed by atoms with E-state index < -0.39 is 18.0 Å². The number of anilines is 1. The quantitative estimate of drug-likeness (QED) is 0.673. The summed E-state index contributed by atoms with van der Waals surface area (Å²) in [6.07, 6.45) is 1.12. The third-order valence-corrected chi connectivity index (χ3v) is 4.36. The number of nitrogens with zero attached hydrogens (tertiary/aromatic N) is 1. The Balaban J connectivity index is 2.08. The van der Waals surface area contributed by atoms with Crippen LogP contribution in [0.1, 0.15) is 33.1 Å². The smallest absolute Gasteiger partial charge is 0.318 e. The molecule has 1 aromatic carbocycles. The Morgan fingerprint density at radius 2 is 1.96 bits per heavy atom. The van der Waals surface area contributed by atoms with Gasteiger partial charge in [0.05, 0.1) is 12.2 Å². The molecule has 2 rings (SSSR count). The topological polar surface area (TPSA) is 114 Å². The van der Waals surface area contributed by atoms with E-state index in [-0.39, 0.29) is 18.4 Å². The lowest BCUT2D eigenvalue weighted by molar-refractivity contribution is -0.128. The number of fused-ring (bicyclic) bond motifs is 1. The van der Waals surface area contributed by atoms with E-state index in [2.05, 4.69) is 5.32 Å². The van der Waals surface area contributed by atoms with Crippen molar-refractivity contribution in [3.8, 4) is 5.75 Å². The van der Waals surface area contributed by atoms with Crippen molar-refractivity contribution in [1.29, 1.82) is 0 Å². The first-order valence-electron chi connectivity index (χ1n) is 8.84. The van der Waals surface area contributed by atoms with Crippen molar-refractivity contribution in [3.05, 3.63) is 24.3 Å². The number of carbonyl (C=O) groups is 3. The molecule has 1 unspecified atom stereocenters. The zero-order chi connectivity index (χ0) is 19.1. The van der Waals surface area contributed by atoms with Crippen molar-refractivity contribution in [1.82, 2.24) is 10.6 Å². The fourth-order valence-corrected chi connectivity index (χ4v) is 2.88. The van der Waals surface area contributed by atoms with Crippen LogP contribution in [0.3, 0.4) is 0 Å². The molecule has 4 N–H and O–H groups in total. The van der Waals surface area contributed by atoms with E-state index >= 15 is 0 Å². The molecule has 1 atom stereocenters. The van der Waals surface area contributed by atoms with E-state index in [1.165, 1.54) is 0 Å². The average molecular weight is 362 g/mol. The molecule has 26 heavy (non-hydrogen) atoms. The Morgan fingerprint density at radius 1 is 1.27 bits per heavy atom. The molecule has 0 bridgehead atoms. The van der Waals surface area contributed by atoms with Crippen LogP contribution < -0.4 is 26.0 Å². The molecule has 8 heteroatoms. The van der Waals surface area contributed by atoms with Crippen LogP contribution in [0.4, 0.5) is 10.5 Å². The summed E-state index contributed by atoms with van der Waals surface area (Å²) in [5.74, 6) is -0.0296. The lowest BCUT2D eigenvalue weighted by Gasteiger charge is -2.36. The number of hydrogen-bond acceptors (Lipinski definition) is 5. The Kier molecular flexibility index (Phi) is 6.82. The Hall–Kier alpha value is -2.77. The van der Waals surface area contributed by atoms with Gasteiger partial charge in [0.15, 0.2) is 6.10 Å². The number of hydrogen-bond donors (Lipinski definition) is 3. The average Bonchev–Trinajstić information content (AvgIpc) is 2.63. The number of nitrogens with one attached hydrogen (secondary N) is 2. The van der Waals surface area contributed by atoms with Crippen molar-refractivity contribution in [2.45, 2.75) is 45.3 Å². The first-order chi connectivity index (χ1) is 12.4. The first-order valence-corrected chi connectivity index (χ1v) is 8.84. The third-order valence-electron chi connectivity index (χ3n) is 4.36. The van der Waals surface area contributed by atoms with Gasteiger partial charge >= 0.3 is 6.03 Å². The summed E-state index contributed by atoms with van der Waals surface area (Å²) in [6.45, 7) is 4.71. The Morgan fingerprint density at radius 3 is 2.62 bits per heavy atom. The molecule has 4 amide bonds. The minimum Gasteiger partial charge on any atom is -0.477 e. The third kappa shape index (κ3) is 5.11. The van der Waals surface area contributed by atoms with Gasteiger partial charge in [-0.3, -0.25) is 14.9 Å². The van der Waals surface area contributed by atoms with E-state index in [9.17, 15) is 14.4 Å². The number of urea groups is 1. The molecule has 0 fully saturated rings. The number of primary amides is 1. The zero-order valence-electron chi connectivity index (χ0n) is 15.2. The van der Waals surface area contributed by atoms with Gasteiger partial charge in [0.1, 0.15) is 5.75 Å².